The average molecular weight is 259 g/mol. The van der Waals surface area contributed by atoms with Crippen LogP contribution in [0.1, 0.15) is 6.92 Å². The first kappa shape index (κ1) is 12.8. The van der Waals surface area contributed by atoms with Crippen LogP contribution in [0.25, 0.3) is 0 Å². The summed E-state index contributed by atoms with van der Waals surface area (Å²) in [6.07, 6.45) is 0. The molecule has 1 aromatic carbocycles. The Hall–Kier alpha value is -2.63. The highest BCUT2D eigenvalue weighted by atomic mass is 16.6. The summed E-state index contributed by atoms with van der Waals surface area (Å²) in [6, 6.07) is 11.8. The molecule has 0 amide bonds. The van der Waals surface area contributed by atoms with Gasteiger partial charge in [0.15, 0.2) is 0 Å². The molecule has 2 aromatic rings. The number of pyridine rings is 1. The molecule has 0 spiro atoms. The van der Waals surface area contributed by atoms with Crippen molar-refractivity contribution in [3.8, 4) is 11.6 Å². The van der Waals surface area contributed by atoms with E-state index in [4.69, 9.17) is 4.74 Å². The number of para-hydroxylation sites is 1. The fraction of sp³-hybridized carbons (Fsp3) is 0.154. The van der Waals surface area contributed by atoms with Gasteiger partial charge in [-0.05, 0) is 25.1 Å². The smallest absolute Gasteiger partial charge is 0.331 e. The van der Waals surface area contributed by atoms with Crippen molar-refractivity contribution in [2.75, 3.05) is 11.9 Å². The van der Waals surface area contributed by atoms with Crippen LogP contribution in [-0.2, 0) is 0 Å². The Kier molecular flexibility index (Phi) is 3.92. The summed E-state index contributed by atoms with van der Waals surface area (Å²) in [5.41, 5.74) is -0.162. The van der Waals surface area contributed by atoms with Crippen molar-refractivity contribution in [1.29, 1.82) is 0 Å². The Morgan fingerprint density at radius 1 is 1.26 bits per heavy atom. The molecule has 0 unspecified atom stereocenters. The van der Waals surface area contributed by atoms with Gasteiger partial charge in [-0.1, -0.05) is 18.2 Å². The number of ether oxygens (including phenoxy) is 1. The number of hydrogen-bond acceptors (Lipinski definition) is 5. The van der Waals surface area contributed by atoms with Crippen LogP contribution in [0.4, 0.5) is 11.5 Å². The summed E-state index contributed by atoms with van der Waals surface area (Å²) in [4.78, 5) is 14.5. The van der Waals surface area contributed by atoms with Crippen LogP contribution in [0.2, 0.25) is 0 Å². The quantitative estimate of drug-likeness (QED) is 0.659. The maximum atomic E-state index is 10.9. The molecular weight excluding hydrogens is 246 g/mol. The van der Waals surface area contributed by atoms with Gasteiger partial charge in [0.2, 0.25) is 0 Å². The van der Waals surface area contributed by atoms with E-state index in [1.165, 1.54) is 6.07 Å². The minimum atomic E-state index is -0.513. The molecule has 0 saturated carbocycles. The van der Waals surface area contributed by atoms with E-state index in [0.29, 0.717) is 18.1 Å². The highest BCUT2D eigenvalue weighted by molar-refractivity contribution is 5.50. The van der Waals surface area contributed by atoms with Gasteiger partial charge in [-0.2, -0.15) is 4.98 Å². The van der Waals surface area contributed by atoms with E-state index in [-0.39, 0.29) is 11.6 Å². The minimum Gasteiger partial charge on any atom is -0.434 e. The van der Waals surface area contributed by atoms with Gasteiger partial charge in [0.25, 0.3) is 0 Å². The molecule has 0 radical (unpaired) electrons. The Balaban J connectivity index is 2.35. The highest BCUT2D eigenvalue weighted by Crippen LogP contribution is 2.30. The first-order valence-corrected chi connectivity index (χ1v) is 5.83. The maximum absolute atomic E-state index is 10.9. The van der Waals surface area contributed by atoms with E-state index in [1.807, 2.05) is 13.0 Å². The number of benzene rings is 1. The van der Waals surface area contributed by atoms with E-state index in [2.05, 4.69) is 10.3 Å². The second kappa shape index (κ2) is 5.81. The zero-order valence-corrected chi connectivity index (χ0v) is 10.4. The van der Waals surface area contributed by atoms with Gasteiger partial charge in [0, 0.05) is 12.6 Å². The van der Waals surface area contributed by atoms with E-state index in [9.17, 15) is 10.1 Å². The van der Waals surface area contributed by atoms with E-state index in [0.717, 1.165) is 0 Å². The fourth-order valence-electron chi connectivity index (χ4n) is 1.53. The molecule has 1 aromatic heterocycles. The largest absolute Gasteiger partial charge is 0.434 e. The monoisotopic (exact) mass is 259 g/mol. The number of rotatable bonds is 5. The van der Waals surface area contributed by atoms with Crippen molar-refractivity contribution < 1.29 is 9.66 Å². The van der Waals surface area contributed by atoms with Crippen molar-refractivity contribution in [2.45, 2.75) is 6.92 Å². The number of hydrogen-bond donors (Lipinski definition) is 1. The standard InChI is InChI=1S/C13H13N3O3/c1-2-14-12-9-8-11(16(17)18)13(15-12)19-10-6-4-3-5-7-10/h3-9H,2H2,1H3,(H,14,15). The first-order chi connectivity index (χ1) is 9.20. The lowest BCUT2D eigenvalue weighted by atomic mass is 10.3. The van der Waals surface area contributed by atoms with Crippen LogP contribution in [-0.4, -0.2) is 16.5 Å². The molecule has 0 aliphatic carbocycles. The summed E-state index contributed by atoms with van der Waals surface area (Å²) in [5.74, 6) is 1.03. The predicted molar refractivity (Wildman–Crippen MR) is 71.6 cm³/mol. The first-order valence-electron chi connectivity index (χ1n) is 5.83. The molecule has 19 heavy (non-hydrogen) atoms. The molecule has 0 aliphatic heterocycles. The van der Waals surface area contributed by atoms with Crippen LogP contribution in [0.3, 0.4) is 0 Å². The lowest BCUT2D eigenvalue weighted by molar-refractivity contribution is -0.386. The summed E-state index contributed by atoms with van der Waals surface area (Å²) < 4.78 is 5.47. The van der Waals surface area contributed by atoms with Gasteiger partial charge in [-0.15, -0.1) is 0 Å². The molecule has 0 saturated heterocycles. The van der Waals surface area contributed by atoms with Crippen LogP contribution in [0.5, 0.6) is 11.6 Å². The summed E-state index contributed by atoms with van der Waals surface area (Å²) in [7, 11) is 0. The number of nitro groups is 1. The Morgan fingerprint density at radius 2 is 2.00 bits per heavy atom. The number of aromatic nitrogens is 1. The SMILES string of the molecule is CCNc1ccc([N+](=O)[O-])c(Oc2ccccc2)n1. The Morgan fingerprint density at radius 3 is 2.63 bits per heavy atom. The second-order valence-corrected chi connectivity index (χ2v) is 3.72. The average Bonchev–Trinajstić information content (AvgIpc) is 2.40. The molecule has 6 heteroatoms. The normalized spacial score (nSPS) is 9.95. The van der Waals surface area contributed by atoms with Gasteiger partial charge >= 0.3 is 11.6 Å². The summed E-state index contributed by atoms with van der Waals surface area (Å²) in [5, 5.41) is 13.9. The summed E-state index contributed by atoms with van der Waals surface area (Å²) in [6.45, 7) is 2.59. The van der Waals surface area contributed by atoms with Crippen molar-refractivity contribution in [1.82, 2.24) is 4.98 Å². The predicted octanol–water partition coefficient (Wildman–Crippen LogP) is 3.21. The van der Waals surface area contributed by atoms with Crippen LogP contribution in [0, 0.1) is 10.1 Å². The molecule has 0 atom stereocenters. The Labute approximate surface area is 110 Å². The molecule has 98 valence electrons. The molecule has 0 bridgehead atoms. The van der Waals surface area contributed by atoms with Crippen molar-refractivity contribution in [3.05, 3.63) is 52.6 Å². The van der Waals surface area contributed by atoms with Gasteiger partial charge in [-0.25, -0.2) is 0 Å². The van der Waals surface area contributed by atoms with E-state index < -0.39 is 4.92 Å². The number of nitrogens with one attached hydrogen (secondary N) is 1. The Bertz CT molecular complexity index is 573. The van der Waals surface area contributed by atoms with Crippen LogP contribution >= 0.6 is 0 Å². The molecule has 6 nitrogen and oxygen atoms in total. The third kappa shape index (κ3) is 3.19. The number of nitrogens with zero attached hydrogens (tertiary/aromatic N) is 2. The van der Waals surface area contributed by atoms with Crippen molar-refractivity contribution in [2.24, 2.45) is 0 Å². The minimum absolute atomic E-state index is 0.0188. The van der Waals surface area contributed by atoms with Gasteiger partial charge in [0.05, 0.1) is 4.92 Å². The van der Waals surface area contributed by atoms with Gasteiger partial charge in [0.1, 0.15) is 11.6 Å². The zero-order valence-electron chi connectivity index (χ0n) is 10.4. The molecule has 1 heterocycles. The molecular formula is C13H13N3O3. The number of anilines is 1. The third-order valence-electron chi connectivity index (χ3n) is 2.35. The topological polar surface area (TPSA) is 77.3 Å². The lowest BCUT2D eigenvalue weighted by Crippen LogP contribution is -2.02. The fourth-order valence-corrected chi connectivity index (χ4v) is 1.53. The highest BCUT2D eigenvalue weighted by Gasteiger charge is 2.18. The summed E-state index contributed by atoms with van der Waals surface area (Å²) >= 11 is 0. The van der Waals surface area contributed by atoms with Gasteiger partial charge in [-0.3, -0.25) is 10.1 Å². The zero-order chi connectivity index (χ0) is 13.7. The molecule has 0 aliphatic rings. The second-order valence-electron chi connectivity index (χ2n) is 3.72. The van der Waals surface area contributed by atoms with E-state index in [1.54, 1.807) is 30.3 Å². The third-order valence-corrected chi connectivity index (χ3v) is 2.35. The van der Waals surface area contributed by atoms with Crippen LogP contribution in [0.15, 0.2) is 42.5 Å². The maximum Gasteiger partial charge on any atom is 0.331 e. The van der Waals surface area contributed by atoms with Crippen molar-refractivity contribution in [3.63, 3.8) is 0 Å². The van der Waals surface area contributed by atoms with Crippen molar-refractivity contribution >= 4 is 11.5 Å². The molecule has 2 rings (SSSR count). The van der Waals surface area contributed by atoms with Gasteiger partial charge < -0.3 is 10.1 Å². The van der Waals surface area contributed by atoms with Crippen LogP contribution < -0.4 is 10.1 Å². The lowest BCUT2D eigenvalue weighted by Gasteiger charge is -2.07. The molecule has 1 N–H and O–H groups in total. The molecule has 0 fully saturated rings. The van der Waals surface area contributed by atoms with E-state index >= 15 is 0 Å².